The van der Waals surface area contributed by atoms with Crippen molar-refractivity contribution in [3.8, 4) is 17.0 Å². The highest BCUT2D eigenvalue weighted by Gasteiger charge is 2.11. The van der Waals surface area contributed by atoms with E-state index in [2.05, 4.69) is 16.0 Å². The van der Waals surface area contributed by atoms with E-state index in [1.807, 2.05) is 33.8 Å². The molecule has 4 heteroatoms. The average Bonchev–Trinajstić information content (AvgIpc) is 2.36. The lowest BCUT2D eigenvalue weighted by atomic mass is 10.0. The van der Waals surface area contributed by atoms with Crippen LogP contribution in [-0.2, 0) is 0 Å². The molecule has 0 aliphatic rings. The fourth-order valence-corrected chi connectivity index (χ4v) is 2.38. The van der Waals surface area contributed by atoms with Crippen molar-refractivity contribution in [3.63, 3.8) is 0 Å². The Bertz CT molecular complexity index is 689. The molecule has 0 saturated heterocycles. The van der Waals surface area contributed by atoms with Crippen LogP contribution in [0.25, 0.3) is 11.3 Å². The molecule has 0 aliphatic heterocycles. The lowest BCUT2D eigenvalue weighted by Gasteiger charge is -2.12. The molecule has 100 valence electrons. The summed E-state index contributed by atoms with van der Waals surface area (Å²) in [5, 5.41) is 0. The predicted molar refractivity (Wildman–Crippen MR) is 80.4 cm³/mol. The number of aromatic nitrogens is 2. The number of nitrogens with one attached hydrogen (secondary N) is 1. The third-order valence-electron chi connectivity index (χ3n) is 3.34. The van der Waals surface area contributed by atoms with Crippen LogP contribution in [0.5, 0.6) is 5.75 Å². The van der Waals surface area contributed by atoms with Crippen molar-refractivity contribution in [1.82, 2.24) is 9.97 Å². The Morgan fingerprint density at radius 1 is 1.11 bits per heavy atom. The van der Waals surface area contributed by atoms with Crippen molar-refractivity contribution in [3.05, 3.63) is 39.3 Å². The molecule has 1 N–H and O–H groups in total. The number of H-pyrrole nitrogens is 1. The van der Waals surface area contributed by atoms with Crippen LogP contribution in [0.4, 0.5) is 0 Å². The molecule has 1 aromatic carbocycles. The van der Waals surface area contributed by atoms with Crippen LogP contribution < -0.4 is 4.74 Å². The fraction of sp³-hybridized carbons (Fsp3) is 0.333. The van der Waals surface area contributed by atoms with E-state index in [9.17, 15) is 0 Å². The van der Waals surface area contributed by atoms with E-state index in [4.69, 9.17) is 17.0 Å². The van der Waals surface area contributed by atoms with E-state index >= 15 is 0 Å². The normalized spacial score (nSPS) is 10.6. The Labute approximate surface area is 118 Å². The zero-order valence-electron chi connectivity index (χ0n) is 11.9. The first-order chi connectivity index (χ1) is 8.93. The van der Waals surface area contributed by atoms with Crippen molar-refractivity contribution < 1.29 is 4.74 Å². The highest BCUT2D eigenvalue weighted by Crippen LogP contribution is 2.29. The number of aromatic amines is 1. The quantitative estimate of drug-likeness (QED) is 0.840. The van der Waals surface area contributed by atoms with Crippen molar-refractivity contribution in [2.45, 2.75) is 27.7 Å². The van der Waals surface area contributed by atoms with Gasteiger partial charge in [-0.25, -0.2) is 4.98 Å². The molecule has 0 aliphatic carbocycles. The molecular formula is C15H18N2OS. The minimum atomic E-state index is 0.677. The summed E-state index contributed by atoms with van der Waals surface area (Å²) < 4.78 is 6.01. The monoisotopic (exact) mass is 274 g/mol. The van der Waals surface area contributed by atoms with Gasteiger partial charge in [0.15, 0.2) is 0 Å². The van der Waals surface area contributed by atoms with Crippen LogP contribution >= 0.6 is 12.2 Å². The highest BCUT2D eigenvalue weighted by molar-refractivity contribution is 7.71. The number of rotatable bonds is 2. The van der Waals surface area contributed by atoms with Gasteiger partial charge in [-0.1, -0.05) is 12.2 Å². The van der Waals surface area contributed by atoms with Crippen LogP contribution in [-0.4, -0.2) is 17.1 Å². The second kappa shape index (κ2) is 5.13. The maximum absolute atomic E-state index is 5.40. The van der Waals surface area contributed by atoms with E-state index in [1.165, 1.54) is 0 Å². The second-order valence-electron chi connectivity index (χ2n) is 4.76. The first-order valence-corrected chi connectivity index (χ1v) is 6.58. The standard InChI is InChI=1S/C15H18N2OS/c1-8-7-13(18-5)9(2)6-12(8)14-15(19)17-11(4)10(3)16-14/h6-7H,1-5H3,(H,17,19). The number of benzene rings is 1. The molecule has 0 bridgehead atoms. The summed E-state index contributed by atoms with van der Waals surface area (Å²) in [4.78, 5) is 7.83. The Morgan fingerprint density at radius 3 is 2.42 bits per heavy atom. The zero-order valence-corrected chi connectivity index (χ0v) is 12.7. The summed E-state index contributed by atoms with van der Waals surface area (Å²) in [6, 6.07) is 4.10. The summed E-state index contributed by atoms with van der Waals surface area (Å²) in [6.07, 6.45) is 0. The molecule has 0 unspecified atom stereocenters. The Balaban J connectivity index is 2.69. The van der Waals surface area contributed by atoms with E-state index in [0.29, 0.717) is 4.64 Å². The largest absolute Gasteiger partial charge is 0.496 e. The van der Waals surface area contributed by atoms with Crippen LogP contribution in [0.15, 0.2) is 12.1 Å². The summed E-state index contributed by atoms with van der Waals surface area (Å²) in [5.41, 5.74) is 6.06. The van der Waals surface area contributed by atoms with Crippen molar-refractivity contribution in [2.24, 2.45) is 0 Å². The third kappa shape index (κ3) is 2.54. The SMILES string of the molecule is COc1cc(C)c(-c2nc(C)c(C)[nH]c2=S)cc1C. The van der Waals surface area contributed by atoms with Crippen LogP contribution in [0, 0.1) is 32.3 Å². The van der Waals surface area contributed by atoms with Crippen LogP contribution in [0.2, 0.25) is 0 Å². The first-order valence-electron chi connectivity index (χ1n) is 6.17. The maximum atomic E-state index is 5.40. The lowest BCUT2D eigenvalue weighted by Crippen LogP contribution is -1.98. The molecule has 0 spiro atoms. The number of ether oxygens (including phenoxy) is 1. The fourth-order valence-electron chi connectivity index (χ4n) is 2.07. The van der Waals surface area contributed by atoms with Gasteiger partial charge in [0.05, 0.1) is 12.8 Å². The number of hydrogen-bond donors (Lipinski definition) is 1. The van der Waals surface area contributed by atoms with E-state index in [0.717, 1.165) is 39.5 Å². The van der Waals surface area contributed by atoms with Crippen molar-refractivity contribution >= 4 is 12.2 Å². The molecule has 2 aromatic rings. The maximum Gasteiger partial charge on any atom is 0.130 e. The highest BCUT2D eigenvalue weighted by atomic mass is 32.1. The number of aryl methyl sites for hydroxylation is 4. The minimum Gasteiger partial charge on any atom is -0.496 e. The number of nitrogens with zero attached hydrogens (tertiary/aromatic N) is 1. The molecule has 0 radical (unpaired) electrons. The summed E-state index contributed by atoms with van der Waals surface area (Å²) >= 11 is 5.40. The Morgan fingerprint density at radius 2 is 1.79 bits per heavy atom. The lowest BCUT2D eigenvalue weighted by molar-refractivity contribution is 0.411. The third-order valence-corrected chi connectivity index (χ3v) is 3.63. The molecule has 1 aromatic heterocycles. The van der Waals surface area contributed by atoms with Gasteiger partial charge in [0.25, 0.3) is 0 Å². The van der Waals surface area contributed by atoms with Crippen molar-refractivity contribution in [1.29, 1.82) is 0 Å². The van der Waals surface area contributed by atoms with Crippen LogP contribution in [0.1, 0.15) is 22.5 Å². The predicted octanol–water partition coefficient (Wildman–Crippen LogP) is 4.05. The zero-order chi connectivity index (χ0) is 14.2. The van der Waals surface area contributed by atoms with Gasteiger partial charge < -0.3 is 9.72 Å². The molecule has 2 rings (SSSR count). The first kappa shape index (κ1) is 13.7. The topological polar surface area (TPSA) is 37.9 Å². The molecule has 1 heterocycles. The summed E-state index contributed by atoms with van der Waals surface area (Å²) in [6.45, 7) is 8.03. The Hall–Kier alpha value is -1.68. The van der Waals surface area contributed by atoms with E-state index in [1.54, 1.807) is 7.11 Å². The number of methoxy groups -OCH3 is 1. The molecular weight excluding hydrogens is 256 g/mol. The van der Waals surface area contributed by atoms with Gasteiger partial charge >= 0.3 is 0 Å². The smallest absolute Gasteiger partial charge is 0.130 e. The van der Waals surface area contributed by atoms with Gasteiger partial charge in [0.1, 0.15) is 16.1 Å². The van der Waals surface area contributed by atoms with E-state index < -0.39 is 0 Å². The molecule has 3 nitrogen and oxygen atoms in total. The molecule has 0 amide bonds. The minimum absolute atomic E-state index is 0.677. The van der Waals surface area contributed by atoms with Gasteiger partial charge in [0, 0.05) is 11.3 Å². The molecule has 0 fully saturated rings. The van der Waals surface area contributed by atoms with Gasteiger partial charge in [-0.3, -0.25) is 0 Å². The summed E-state index contributed by atoms with van der Waals surface area (Å²) in [7, 11) is 1.68. The molecule has 19 heavy (non-hydrogen) atoms. The van der Waals surface area contributed by atoms with Gasteiger partial charge in [-0.05, 0) is 51.0 Å². The van der Waals surface area contributed by atoms with Crippen LogP contribution in [0.3, 0.4) is 0 Å². The summed E-state index contributed by atoms with van der Waals surface area (Å²) in [5.74, 6) is 0.889. The van der Waals surface area contributed by atoms with Crippen molar-refractivity contribution in [2.75, 3.05) is 7.11 Å². The average molecular weight is 274 g/mol. The van der Waals surface area contributed by atoms with Gasteiger partial charge in [0.2, 0.25) is 0 Å². The Kier molecular flexibility index (Phi) is 3.71. The van der Waals surface area contributed by atoms with Gasteiger partial charge in [-0.15, -0.1) is 0 Å². The molecule has 0 saturated carbocycles. The van der Waals surface area contributed by atoms with Gasteiger partial charge in [-0.2, -0.15) is 0 Å². The van der Waals surface area contributed by atoms with E-state index in [-0.39, 0.29) is 0 Å². The second-order valence-corrected chi connectivity index (χ2v) is 5.17. The number of hydrogen-bond acceptors (Lipinski definition) is 3. The molecule has 0 atom stereocenters.